The van der Waals surface area contributed by atoms with Crippen LogP contribution in [-0.2, 0) is 0 Å². The first kappa shape index (κ1) is 16.4. The highest BCUT2D eigenvalue weighted by atomic mass is 79.9. The monoisotopic (exact) mass is 419 g/mol. The Hall–Kier alpha value is -0.980. The number of nitrogens with two attached hydrogens (primary N) is 1. The lowest BCUT2D eigenvalue weighted by Gasteiger charge is -2.24. The van der Waals surface area contributed by atoms with E-state index in [2.05, 4.69) is 31.9 Å². The fourth-order valence-electron chi connectivity index (χ4n) is 1.91. The predicted octanol–water partition coefficient (Wildman–Crippen LogP) is 4.96. The topological polar surface area (TPSA) is 35.2 Å². The molecular formula is C15H13Br2F2NO. The summed E-state index contributed by atoms with van der Waals surface area (Å²) >= 11 is 6.53. The second-order valence-corrected chi connectivity index (χ2v) is 6.39. The highest BCUT2D eigenvalue weighted by Gasteiger charge is 2.23. The molecule has 2 nitrogen and oxygen atoms in total. The summed E-state index contributed by atoms with van der Waals surface area (Å²) in [6.07, 6.45) is -0.608. The van der Waals surface area contributed by atoms with Crippen molar-refractivity contribution in [3.05, 3.63) is 62.5 Å². The van der Waals surface area contributed by atoms with Crippen LogP contribution in [0.5, 0.6) is 5.75 Å². The third-order valence-corrected chi connectivity index (χ3v) is 4.08. The average Bonchev–Trinajstić information content (AvgIpc) is 2.42. The Kier molecular flexibility index (Phi) is 5.35. The van der Waals surface area contributed by atoms with Crippen LogP contribution in [0.4, 0.5) is 8.78 Å². The second-order valence-electron chi connectivity index (χ2n) is 4.62. The molecule has 0 saturated heterocycles. The maximum Gasteiger partial charge on any atom is 0.200 e. The summed E-state index contributed by atoms with van der Waals surface area (Å²) in [5, 5.41) is 0. The Morgan fingerprint density at radius 3 is 2.43 bits per heavy atom. The first-order chi connectivity index (χ1) is 9.90. The molecule has 21 heavy (non-hydrogen) atoms. The van der Waals surface area contributed by atoms with E-state index in [9.17, 15) is 8.78 Å². The molecule has 2 unspecified atom stereocenters. The van der Waals surface area contributed by atoms with E-state index in [0.717, 1.165) is 16.1 Å². The molecule has 0 aliphatic heterocycles. The van der Waals surface area contributed by atoms with Crippen molar-refractivity contribution in [3.8, 4) is 5.75 Å². The van der Waals surface area contributed by atoms with Crippen molar-refractivity contribution < 1.29 is 13.5 Å². The second kappa shape index (κ2) is 6.85. The van der Waals surface area contributed by atoms with E-state index in [1.165, 1.54) is 6.07 Å². The fraction of sp³-hybridized carbons (Fsp3) is 0.200. The summed E-state index contributed by atoms with van der Waals surface area (Å²) in [7, 11) is 0. The van der Waals surface area contributed by atoms with Crippen LogP contribution in [0.15, 0.2) is 45.3 Å². The van der Waals surface area contributed by atoms with E-state index in [0.29, 0.717) is 4.47 Å². The van der Waals surface area contributed by atoms with Gasteiger partial charge in [0.2, 0.25) is 5.82 Å². The lowest BCUT2D eigenvalue weighted by molar-refractivity contribution is 0.170. The van der Waals surface area contributed by atoms with Crippen molar-refractivity contribution in [1.29, 1.82) is 0 Å². The summed E-state index contributed by atoms with van der Waals surface area (Å²) in [5.74, 6) is -2.19. The van der Waals surface area contributed by atoms with Gasteiger partial charge in [0.05, 0.1) is 0 Å². The van der Waals surface area contributed by atoms with Gasteiger partial charge in [0, 0.05) is 20.6 Å². The van der Waals surface area contributed by atoms with Gasteiger partial charge in [-0.05, 0) is 25.1 Å². The first-order valence-electron chi connectivity index (χ1n) is 6.21. The molecule has 2 N–H and O–H groups in total. The van der Waals surface area contributed by atoms with Gasteiger partial charge in [0.1, 0.15) is 6.10 Å². The number of hydrogen-bond acceptors (Lipinski definition) is 2. The highest BCUT2D eigenvalue weighted by Crippen LogP contribution is 2.33. The van der Waals surface area contributed by atoms with Crippen molar-refractivity contribution in [2.45, 2.75) is 19.1 Å². The SMILES string of the molecule is CC(N)C(Oc1cc(Br)cc(F)c1F)c1ccccc1Br. The molecule has 2 aromatic rings. The molecule has 2 rings (SSSR count). The third kappa shape index (κ3) is 3.81. The smallest absolute Gasteiger partial charge is 0.200 e. The fourth-order valence-corrected chi connectivity index (χ4v) is 2.83. The normalized spacial score (nSPS) is 13.8. The Balaban J connectivity index is 2.41. The molecule has 2 atom stereocenters. The van der Waals surface area contributed by atoms with Gasteiger partial charge in [-0.15, -0.1) is 0 Å². The minimum atomic E-state index is -1.03. The van der Waals surface area contributed by atoms with Crippen LogP contribution >= 0.6 is 31.9 Å². The molecule has 0 amide bonds. The molecule has 0 aliphatic carbocycles. The number of ether oxygens (including phenoxy) is 1. The zero-order valence-corrected chi connectivity index (χ0v) is 14.3. The summed E-state index contributed by atoms with van der Waals surface area (Å²) in [6, 6.07) is 9.36. The summed E-state index contributed by atoms with van der Waals surface area (Å²) in [5.41, 5.74) is 6.71. The van der Waals surface area contributed by atoms with Crippen LogP contribution in [0.1, 0.15) is 18.6 Å². The van der Waals surface area contributed by atoms with Crippen LogP contribution in [-0.4, -0.2) is 6.04 Å². The van der Waals surface area contributed by atoms with Gasteiger partial charge in [0.25, 0.3) is 0 Å². The largest absolute Gasteiger partial charge is 0.481 e. The molecule has 2 aromatic carbocycles. The predicted molar refractivity (Wildman–Crippen MR) is 85.2 cm³/mol. The number of hydrogen-bond donors (Lipinski definition) is 1. The minimum absolute atomic E-state index is 0.181. The maximum absolute atomic E-state index is 13.8. The Labute approximate surface area is 138 Å². The van der Waals surface area contributed by atoms with Gasteiger partial charge in [-0.1, -0.05) is 50.1 Å². The average molecular weight is 421 g/mol. The molecule has 112 valence electrons. The third-order valence-electron chi connectivity index (χ3n) is 2.90. The van der Waals surface area contributed by atoms with Gasteiger partial charge in [-0.3, -0.25) is 0 Å². The molecule has 0 heterocycles. The quantitative estimate of drug-likeness (QED) is 0.709. The van der Waals surface area contributed by atoms with Crippen molar-refractivity contribution in [2.24, 2.45) is 5.73 Å². The molecule has 0 aliphatic rings. The summed E-state index contributed by atoms with van der Waals surface area (Å²) in [4.78, 5) is 0. The van der Waals surface area contributed by atoms with E-state index < -0.39 is 23.8 Å². The molecule has 0 saturated carbocycles. The number of rotatable bonds is 4. The van der Waals surface area contributed by atoms with Crippen LogP contribution in [0.3, 0.4) is 0 Å². The van der Waals surface area contributed by atoms with Gasteiger partial charge in [-0.25, -0.2) is 4.39 Å². The van der Waals surface area contributed by atoms with E-state index in [1.54, 1.807) is 6.92 Å². The Morgan fingerprint density at radius 1 is 1.14 bits per heavy atom. The van der Waals surface area contributed by atoms with Crippen molar-refractivity contribution in [2.75, 3.05) is 0 Å². The summed E-state index contributed by atoms with van der Waals surface area (Å²) in [6.45, 7) is 1.75. The van der Waals surface area contributed by atoms with Gasteiger partial charge in [-0.2, -0.15) is 4.39 Å². The van der Waals surface area contributed by atoms with Crippen LogP contribution < -0.4 is 10.5 Å². The zero-order valence-electron chi connectivity index (χ0n) is 11.1. The standard InChI is InChI=1S/C15H13Br2F2NO/c1-8(20)15(10-4-2-3-5-11(10)17)21-13-7-9(16)6-12(18)14(13)19/h2-8,15H,20H2,1H3. The molecular weight excluding hydrogens is 408 g/mol. The van der Waals surface area contributed by atoms with Crippen molar-refractivity contribution in [1.82, 2.24) is 0 Å². The molecule has 0 aromatic heterocycles. The van der Waals surface area contributed by atoms with Gasteiger partial charge >= 0.3 is 0 Å². The van der Waals surface area contributed by atoms with E-state index in [4.69, 9.17) is 10.5 Å². The Bertz CT molecular complexity index is 650. The van der Waals surface area contributed by atoms with Crippen LogP contribution in [0.2, 0.25) is 0 Å². The first-order valence-corrected chi connectivity index (χ1v) is 7.80. The molecule has 0 bridgehead atoms. The Morgan fingerprint density at radius 2 is 1.81 bits per heavy atom. The van der Waals surface area contributed by atoms with E-state index in [-0.39, 0.29) is 5.75 Å². The van der Waals surface area contributed by atoms with Crippen molar-refractivity contribution >= 4 is 31.9 Å². The highest BCUT2D eigenvalue weighted by molar-refractivity contribution is 9.10. The van der Waals surface area contributed by atoms with Gasteiger partial charge in [0.15, 0.2) is 11.6 Å². The molecule has 0 spiro atoms. The van der Waals surface area contributed by atoms with Gasteiger partial charge < -0.3 is 10.5 Å². The molecule has 0 fully saturated rings. The lowest BCUT2D eigenvalue weighted by Crippen LogP contribution is -2.29. The summed E-state index contributed by atoms with van der Waals surface area (Å²) < 4.78 is 34.1. The van der Waals surface area contributed by atoms with Crippen molar-refractivity contribution in [3.63, 3.8) is 0 Å². The van der Waals surface area contributed by atoms with Crippen LogP contribution in [0, 0.1) is 11.6 Å². The lowest BCUT2D eigenvalue weighted by atomic mass is 10.0. The van der Waals surface area contributed by atoms with E-state index in [1.807, 2.05) is 24.3 Å². The van der Waals surface area contributed by atoms with Crippen LogP contribution in [0.25, 0.3) is 0 Å². The minimum Gasteiger partial charge on any atom is -0.481 e. The molecule has 6 heteroatoms. The maximum atomic E-state index is 13.8. The molecule has 0 radical (unpaired) electrons. The number of halogens is 4. The zero-order chi connectivity index (χ0) is 15.6. The van der Waals surface area contributed by atoms with E-state index >= 15 is 0 Å². The number of benzene rings is 2.